The van der Waals surface area contributed by atoms with Crippen molar-refractivity contribution < 1.29 is 22.7 Å². The van der Waals surface area contributed by atoms with Gasteiger partial charge in [0, 0.05) is 32.1 Å². The number of nitrogens with zero attached hydrogens (tertiary/aromatic N) is 2. The number of hydrogen-bond acceptors (Lipinski definition) is 5. The quantitative estimate of drug-likeness (QED) is 0.763. The van der Waals surface area contributed by atoms with Gasteiger partial charge in [-0.25, -0.2) is 8.42 Å². The molecular formula is C20H29N3O5S. The van der Waals surface area contributed by atoms with Gasteiger partial charge in [-0.3, -0.25) is 9.59 Å². The summed E-state index contributed by atoms with van der Waals surface area (Å²) in [7, 11) is -2.14. The number of benzene rings is 1. The minimum atomic E-state index is -3.68. The molecule has 8 nitrogen and oxygen atoms in total. The van der Waals surface area contributed by atoms with Gasteiger partial charge in [-0.2, -0.15) is 4.31 Å². The second kappa shape index (κ2) is 8.71. The molecule has 3 rings (SSSR count). The summed E-state index contributed by atoms with van der Waals surface area (Å²) in [5, 5.41) is 0. The molecule has 0 saturated carbocycles. The van der Waals surface area contributed by atoms with Crippen molar-refractivity contribution in [2.45, 2.75) is 37.5 Å². The molecule has 2 heterocycles. The number of carbonyl (C=O) groups is 2. The van der Waals surface area contributed by atoms with Crippen LogP contribution in [0.25, 0.3) is 0 Å². The van der Waals surface area contributed by atoms with E-state index in [0.29, 0.717) is 51.1 Å². The Hall–Kier alpha value is -2.13. The molecule has 2 amide bonds. The zero-order chi connectivity index (χ0) is 21.2. The highest BCUT2D eigenvalue weighted by molar-refractivity contribution is 7.89. The number of hydrogen-bond donors (Lipinski definition) is 1. The first-order valence-corrected chi connectivity index (χ1v) is 11.4. The molecule has 0 bridgehead atoms. The van der Waals surface area contributed by atoms with E-state index in [-0.39, 0.29) is 35.1 Å². The molecule has 0 unspecified atom stereocenters. The average molecular weight is 424 g/mol. The van der Waals surface area contributed by atoms with E-state index in [1.807, 2.05) is 0 Å². The highest BCUT2D eigenvalue weighted by Crippen LogP contribution is 2.29. The first kappa shape index (κ1) is 21.6. The van der Waals surface area contributed by atoms with Crippen LogP contribution in [-0.2, 0) is 19.6 Å². The fourth-order valence-electron chi connectivity index (χ4n) is 4.17. The van der Waals surface area contributed by atoms with Crippen molar-refractivity contribution in [2.75, 3.05) is 33.3 Å². The molecule has 2 aliphatic rings. The molecule has 2 N–H and O–H groups in total. The molecule has 9 heteroatoms. The van der Waals surface area contributed by atoms with Crippen molar-refractivity contribution in [3.8, 4) is 5.75 Å². The second-order valence-corrected chi connectivity index (χ2v) is 9.77. The number of carbonyl (C=O) groups excluding carboxylic acids is 2. The predicted molar refractivity (Wildman–Crippen MR) is 108 cm³/mol. The molecular weight excluding hydrogens is 394 g/mol. The molecule has 0 aromatic heterocycles. The number of likely N-dealkylation sites (tertiary alicyclic amines) is 1. The number of aryl methyl sites for hydroxylation is 1. The Morgan fingerprint density at radius 3 is 2.38 bits per heavy atom. The molecule has 0 spiro atoms. The summed E-state index contributed by atoms with van der Waals surface area (Å²) in [4.78, 5) is 26.2. The maximum Gasteiger partial charge on any atom is 0.243 e. The van der Waals surface area contributed by atoms with Crippen LogP contribution in [0.5, 0.6) is 5.75 Å². The van der Waals surface area contributed by atoms with Crippen LogP contribution in [0.1, 0.15) is 31.2 Å². The van der Waals surface area contributed by atoms with Crippen LogP contribution in [0.2, 0.25) is 0 Å². The van der Waals surface area contributed by atoms with Crippen molar-refractivity contribution in [2.24, 2.45) is 17.6 Å². The normalized spacial score (nSPS) is 21.7. The summed E-state index contributed by atoms with van der Waals surface area (Å²) >= 11 is 0. The minimum Gasteiger partial charge on any atom is -0.496 e. The molecule has 1 aromatic carbocycles. The van der Waals surface area contributed by atoms with Crippen molar-refractivity contribution in [1.29, 1.82) is 0 Å². The van der Waals surface area contributed by atoms with Crippen LogP contribution in [0.3, 0.4) is 0 Å². The molecule has 1 aromatic rings. The molecule has 29 heavy (non-hydrogen) atoms. The van der Waals surface area contributed by atoms with Gasteiger partial charge >= 0.3 is 0 Å². The number of sulfonamides is 1. The number of methoxy groups -OCH3 is 1. The summed E-state index contributed by atoms with van der Waals surface area (Å²) in [5.41, 5.74) is 6.10. The van der Waals surface area contributed by atoms with Gasteiger partial charge in [0.05, 0.1) is 17.9 Å². The third-order valence-electron chi connectivity index (χ3n) is 5.95. The van der Waals surface area contributed by atoms with E-state index in [1.54, 1.807) is 37.1 Å². The highest BCUT2D eigenvalue weighted by atomic mass is 32.2. The summed E-state index contributed by atoms with van der Waals surface area (Å²) < 4.78 is 32.8. The Kier molecular flexibility index (Phi) is 6.48. The van der Waals surface area contributed by atoms with Crippen molar-refractivity contribution in [1.82, 2.24) is 9.21 Å². The lowest BCUT2D eigenvalue weighted by atomic mass is 9.93. The minimum absolute atomic E-state index is 0.0290. The standard InChI is InChI=1S/C20H29N3O5S/c1-14-12-17(5-6-18(14)28-2)29(26,27)23-9-3-4-16(13-23)20(25)22-10-7-15(8-11-22)19(21)24/h5-6,12,15-16H,3-4,7-11,13H2,1-2H3,(H2,21,24)/t16-/m1/s1. The Morgan fingerprint density at radius 2 is 1.79 bits per heavy atom. The van der Waals surface area contributed by atoms with Crippen LogP contribution in [0.4, 0.5) is 0 Å². The van der Waals surface area contributed by atoms with E-state index in [0.717, 1.165) is 5.56 Å². The second-order valence-electron chi connectivity index (χ2n) is 7.84. The molecule has 0 aliphatic carbocycles. The van der Waals surface area contributed by atoms with Crippen molar-refractivity contribution >= 4 is 21.8 Å². The maximum atomic E-state index is 13.1. The largest absolute Gasteiger partial charge is 0.496 e. The predicted octanol–water partition coefficient (Wildman–Crippen LogP) is 1.13. The lowest BCUT2D eigenvalue weighted by Crippen LogP contribution is -2.49. The number of primary amides is 1. The Labute approximate surface area is 172 Å². The van der Waals surface area contributed by atoms with E-state index in [2.05, 4.69) is 0 Å². The Balaban J connectivity index is 1.69. The van der Waals surface area contributed by atoms with E-state index < -0.39 is 10.0 Å². The lowest BCUT2D eigenvalue weighted by Gasteiger charge is -2.37. The van der Waals surface area contributed by atoms with Gasteiger partial charge in [0.25, 0.3) is 0 Å². The topological polar surface area (TPSA) is 110 Å². The third kappa shape index (κ3) is 4.56. The lowest BCUT2D eigenvalue weighted by molar-refractivity contribution is -0.139. The summed E-state index contributed by atoms with van der Waals surface area (Å²) in [6.07, 6.45) is 2.45. The first-order chi connectivity index (χ1) is 13.7. The highest BCUT2D eigenvalue weighted by Gasteiger charge is 2.36. The van der Waals surface area contributed by atoms with Crippen LogP contribution in [-0.4, -0.2) is 62.7 Å². The molecule has 2 fully saturated rings. The van der Waals surface area contributed by atoms with Gasteiger partial charge in [0.15, 0.2) is 0 Å². The molecule has 0 radical (unpaired) electrons. The molecule has 2 saturated heterocycles. The number of ether oxygens (including phenoxy) is 1. The van der Waals surface area contributed by atoms with E-state index in [9.17, 15) is 18.0 Å². The zero-order valence-electron chi connectivity index (χ0n) is 17.0. The number of rotatable bonds is 5. The summed E-state index contributed by atoms with van der Waals surface area (Å²) in [5.74, 6) is -0.251. The molecule has 2 aliphatic heterocycles. The van der Waals surface area contributed by atoms with E-state index >= 15 is 0 Å². The molecule has 1 atom stereocenters. The number of amides is 2. The van der Waals surface area contributed by atoms with E-state index in [4.69, 9.17) is 10.5 Å². The first-order valence-electron chi connectivity index (χ1n) is 9.97. The summed E-state index contributed by atoms with van der Waals surface area (Å²) in [6, 6.07) is 4.80. The van der Waals surface area contributed by atoms with Gasteiger partial charge in [-0.1, -0.05) is 0 Å². The molecule has 160 valence electrons. The zero-order valence-corrected chi connectivity index (χ0v) is 17.8. The fraction of sp³-hybridized carbons (Fsp3) is 0.600. The van der Waals surface area contributed by atoms with Gasteiger partial charge in [0.1, 0.15) is 5.75 Å². The number of nitrogens with two attached hydrogens (primary N) is 1. The van der Waals surface area contributed by atoms with Gasteiger partial charge < -0.3 is 15.4 Å². The smallest absolute Gasteiger partial charge is 0.243 e. The SMILES string of the molecule is COc1ccc(S(=O)(=O)N2CCC[C@@H](C(=O)N3CCC(C(N)=O)CC3)C2)cc1C. The monoisotopic (exact) mass is 423 g/mol. The van der Waals surface area contributed by atoms with Crippen molar-refractivity contribution in [3.63, 3.8) is 0 Å². The van der Waals surface area contributed by atoms with Crippen LogP contribution in [0, 0.1) is 18.8 Å². The van der Waals surface area contributed by atoms with Crippen LogP contribution >= 0.6 is 0 Å². The van der Waals surface area contributed by atoms with E-state index in [1.165, 1.54) is 4.31 Å². The van der Waals surface area contributed by atoms with Crippen molar-refractivity contribution in [3.05, 3.63) is 23.8 Å². The van der Waals surface area contributed by atoms with Gasteiger partial charge in [-0.05, 0) is 56.4 Å². The average Bonchev–Trinajstić information content (AvgIpc) is 2.73. The maximum absolute atomic E-state index is 13.1. The third-order valence-corrected chi connectivity index (χ3v) is 7.81. The van der Waals surface area contributed by atoms with Crippen LogP contribution in [0.15, 0.2) is 23.1 Å². The van der Waals surface area contributed by atoms with Crippen LogP contribution < -0.4 is 10.5 Å². The fourth-order valence-corrected chi connectivity index (χ4v) is 5.77. The Bertz CT molecular complexity index is 878. The van der Waals surface area contributed by atoms with Gasteiger partial charge in [-0.15, -0.1) is 0 Å². The Morgan fingerprint density at radius 1 is 1.10 bits per heavy atom. The summed E-state index contributed by atoms with van der Waals surface area (Å²) in [6.45, 7) is 3.37. The van der Waals surface area contributed by atoms with Gasteiger partial charge in [0.2, 0.25) is 21.8 Å². The number of piperidine rings is 2.